The van der Waals surface area contributed by atoms with Crippen LogP contribution < -0.4 is 9.55 Å². The summed E-state index contributed by atoms with van der Waals surface area (Å²) >= 11 is 0. The van der Waals surface area contributed by atoms with Gasteiger partial charge in [-0.1, -0.05) is 62.4 Å². The summed E-state index contributed by atoms with van der Waals surface area (Å²) in [5.74, 6) is 0.588. The minimum Gasteiger partial charge on any atom is -0.537 e. The molecule has 151 valence electrons. The normalized spacial score (nSPS) is 13.3. The molecule has 0 saturated carbocycles. The molecule has 1 aliphatic carbocycles. The first-order chi connectivity index (χ1) is 15.1. The molecular formula is C27H23BNO2. The van der Waals surface area contributed by atoms with E-state index in [1.165, 1.54) is 22.3 Å². The standard InChI is InChI=1S/C27H23BNO2/c1-27(2)25-11-7-6-10-23(25)24-17-14-21(18-26(24)27)29(19-8-4-3-5-9-19)20-12-15-22(16-13-20)31-28-30/h3-18,30H,1-2H3. The Hall–Kier alpha value is -3.50. The van der Waals surface area contributed by atoms with Crippen molar-refractivity contribution in [3.63, 3.8) is 0 Å². The van der Waals surface area contributed by atoms with E-state index in [0.717, 1.165) is 17.1 Å². The molecule has 0 bridgehead atoms. The van der Waals surface area contributed by atoms with Gasteiger partial charge in [-0.05, 0) is 70.8 Å². The van der Waals surface area contributed by atoms with Gasteiger partial charge in [-0.3, -0.25) is 0 Å². The molecule has 3 nitrogen and oxygen atoms in total. The average Bonchev–Trinajstić information content (AvgIpc) is 3.03. The highest BCUT2D eigenvalue weighted by atomic mass is 16.5. The van der Waals surface area contributed by atoms with E-state index in [4.69, 9.17) is 9.68 Å². The van der Waals surface area contributed by atoms with Gasteiger partial charge in [0, 0.05) is 22.5 Å². The van der Waals surface area contributed by atoms with Gasteiger partial charge in [0.25, 0.3) is 0 Å². The zero-order valence-electron chi connectivity index (χ0n) is 17.6. The van der Waals surface area contributed by atoms with E-state index in [-0.39, 0.29) is 5.41 Å². The van der Waals surface area contributed by atoms with Crippen LogP contribution in [-0.2, 0) is 5.41 Å². The molecule has 4 aromatic carbocycles. The van der Waals surface area contributed by atoms with E-state index in [0.29, 0.717) is 13.4 Å². The SMILES string of the molecule is CC1(C)c2ccccc2-c2ccc(N(c3ccccc3)c3ccc(O[B]O)cc3)cc21. The summed E-state index contributed by atoms with van der Waals surface area (Å²) in [6.07, 6.45) is 0. The van der Waals surface area contributed by atoms with Crippen LogP contribution in [0.1, 0.15) is 25.0 Å². The van der Waals surface area contributed by atoms with Crippen LogP contribution in [0.2, 0.25) is 0 Å². The van der Waals surface area contributed by atoms with Crippen LogP contribution in [0, 0.1) is 0 Å². The van der Waals surface area contributed by atoms with Crippen molar-refractivity contribution in [3.8, 4) is 16.9 Å². The van der Waals surface area contributed by atoms with E-state index in [1.54, 1.807) is 0 Å². The van der Waals surface area contributed by atoms with Crippen molar-refractivity contribution in [1.82, 2.24) is 0 Å². The molecule has 0 aliphatic heterocycles. The molecular weight excluding hydrogens is 381 g/mol. The van der Waals surface area contributed by atoms with Gasteiger partial charge < -0.3 is 14.6 Å². The second-order valence-electron chi connectivity index (χ2n) is 8.29. The van der Waals surface area contributed by atoms with Gasteiger partial charge in [-0.25, -0.2) is 0 Å². The molecule has 1 aliphatic rings. The van der Waals surface area contributed by atoms with E-state index < -0.39 is 0 Å². The van der Waals surface area contributed by atoms with Gasteiger partial charge in [0.15, 0.2) is 0 Å². The van der Waals surface area contributed by atoms with Crippen molar-refractivity contribution in [1.29, 1.82) is 0 Å². The minimum absolute atomic E-state index is 0.0566. The molecule has 0 amide bonds. The Morgan fingerprint density at radius 1 is 0.677 bits per heavy atom. The fraction of sp³-hybridized carbons (Fsp3) is 0.111. The number of anilines is 3. The second-order valence-corrected chi connectivity index (χ2v) is 8.29. The maximum absolute atomic E-state index is 8.91. The quantitative estimate of drug-likeness (QED) is 0.393. The minimum atomic E-state index is -0.0566. The van der Waals surface area contributed by atoms with Crippen LogP contribution in [0.5, 0.6) is 5.75 Å². The van der Waals surface area contributed by atoms with Crippen LogP contribution in [-0.4, -0.2) is 12.7 Å². The Bertz CT molecular complexity index is 1220. The largest absolute Gasteiger partial charge is 0.569 e. The molecule has 0 fully saturated rings. The van der Waals surface area contributed by atoms with Crippen LogP contribution in [0.15, 0.2) is 97.1 Å². The van der Waals surface area contributed by atoms with E-state index in [2.05, 4.69) is 73.3 Å². The molecule has 31 heavy (non-hydrogen) atoms. The number of para-hydroxylation sites is 1. The molecule has 4 heteroatoms. The molecule has 4 aromatic rings. The monoisotopic (exact) mass is 404 g/mol. The first-order valence-electron chi connectivity index (χ1n) is 10.4. The fourth-order valence-electron chi connectivity index (χ4n) is 4.59. The topological polar surface area (TPSA) is 32.7 Å². The summed E-state index contributed by atoms with van der Waals surface area (Å²) in [4.78, 5) is 2.24. The molecule has 0 saturated heterocycles. The maximum atomic E-state index is 8.91. The molecule has 1 radical (unpaired) electrons. The average molecular weight is 404 g/mol. The Balaban J connectivity index is 1.64. The van der Waals surface area contributed by atoms with Crippen molar-refractivity contribution >= 4 is 24.7 Å². The Morgan fingerprint density at radius 2 is 1.29 bits per heavy atom. The number of rotatable bonds is 5. The first kappa shape index (κ1) is 19.5. The van der Waals surface area contributed by atoms with Gasteiger partial charge in [-0.2, -0.15) is 0 Å². The Morgan fingerprint density at radius 3 is 2.03 bits per heavy atom. The van der Waals surface area contributed by atoms with Crippen molar-refractivity contribution in [2.24, 2.45) is 0 Å². The molecule has 0 heterocycles. The second kappa shape index (κ2) is 7.64. The number of nitrogens with zero attached hydrogens (tertiary/aromatic N) is 1. The Labute approximate surface area is 183 Å². The fourth-order valence-corrected chi connectivity index (χ4v) is 4.59. The van der Waals surface area contributed by atoms with Crippen molar-refractivity contribution < 1.29 is 9.68 Å². The molecule has 1 N–H and O–H groups in total. The lowest BCUT2D eigenvalue weighted by molar-refractivity contribution is 0.454. The summed E-state index contributed by atoms with van der Waals surface area (Å²) in [7, 11) is 0.699. The van der Waals surface area contributed by atoms with Crippen LogP contribution >= 0.6 is 0 Å². The van der Waals surface area contributed by atoms with Gasteiger partial charge in [0.1, 0.15) is 5.75 Å². The van der Waals surface area contributed by atoms with E-state index >= 15 is 0 Å². The molecule has 5 rings (SSSR count). The van der Waals surface area contributed by atoms with Crippen molar-refractivity contribution in [2.45, 2.75) is 19.3 Å². The summed E-state index contributed by atoms with van der Waals surface area (Å²) < 4.78 is 5.09. The van der Waals surface area contributed by atoms with Gasteiger partial charge in [0.05, 0.1) is 0 Å². The number of fused-ring (bicyclic) bond motifs is 3. The van der Waals surface area contributed by atoms with Crippen molar-refractivity contribution in [2.75, 3.05) is 4.90 Å². The summed E-state index contributed by atoms with van der Waals surface area (Å²) in [5.41, 5.74) is 8.48. The third kappa shape index (κ3) is 3.29. The molecule has 0 spiro atoms. The third-order valence-corrected chi connectivity index (χ3v) is 6.12. The first-order valence-corrected chi connectivity index (χ1v) is 10.4. The molecule has 0 aromatic heterocycles. The smallest absolute Gasteiger partial charge is 0.537 e. The van der Waals surface area contributed by atoms with Crippen LogP contribution in [0.3, 0.4) is 0 Å². The van der Waals surface area contributed by atoms with Crippen LogP contribution in [0.4, 0.5) is 17.1 Å². The van der Waals surface area contributed by atoms with E-state index in [9.17, 15) is 0 Å². The summed E-state index contributed by atoms with van der Waals surface area (Å²) in [6, 6.07) is 33.5. The molecule has 0 atom stereocenters. The lowest BCUT2D eigenvalue weighted by Gasteiger charge is -2.28. The molecule has 0 unspecified atom stereocenters. The van der Waals surface area contributed by atoms with Crippen LogP contribution in [0.25, 0.3) is 11.1 Å². The Kier molecular flexibility index (Phi) is 4.80. The number of hydrogen-bond acceptors (Lipinski definition) is 3. The predicted molar refractivity (Wildman–Crippen MR) is 127 cm³/mol. The third-order valence-electron chi connectivity index (χ3n) is 6.12. The van der Waals surface area contributed by atoms with Crippen molar-refractivity contribution in [3.05, 3.63) is 108 Å². The predicted octanol–water partition coefficient (Wildman–Crippen LogP) is 6.37. The zero-order valence-corrected chi connectivity index (χ0v) is 17.6. The lowest BCUT2D eigenvalue weighted by Crippen LogP contribution is -2.16. The maximum Gasteiger partial charge on any atom is 0.569 e. The zero-order chi connectivity index (χ0) is 21.4. The highest BCUT2D eigenvalue weighted by Gasteiger charge is 2.35. The number of benzene rings is 4. The van der Waals surface area contributed by atoms with Gasteiger partial charge in [0.2, 0.25) is 0 Å². The number of hydrogen-bond donors (Lipinski definition) is 1. The summed E-state index contributed by atoms with van der Waals surface area (Å²) in [5, 5.41) is 8.91. The highest BCUT2D eigenvalue weighted by molar-refractivity contribution is 6.17. The van der Waals surface area contributed by atoms with E-state index in [1.807, 2.05) is 42.5 Å². The lowest BCUT2D eigenvalue weighted by atomic mass is 9.82. The summed E-state index contributed by atoms with van der Waals surface area (Å²) in [6.45, 7) is 4.59. The van der Waals surface area contributed by atoms with Gasteiger partial charge in [-0.15, -0.1) is 0 Å². The van der Waals surface area contributed by atoms with Gasteiger partial charge >= 0.3 is 7.69 Å². The highest BCUT2D eigenvalue weighted by Crippen LogP contribution is 2.50.